The summed E-state index contributed by atoms with van der Waals surface area (Å²) in [5, 5.41) is 23.8. The Kier molecular flexibility index (Phi) is 4.07. The summed E-state index contributed by atoms with van der Waals surface area (Å²) in [5.74, 6) is -1.49. The predicted molar refractivity (Wildman–Crippen MR) is 74.1 cm³/mol. The molecule has 2 rings (SSSR count). The highest BCUT2D eigenvalue weighted by atomic mass is 19.1. The molecule has 9 heteroatoms. The van der Waals surface area contributed by atoms with Crippen molar-refractivity contribution in [2.45, 2.75) is 0 Å². The molecule has 0 aromatic heterocycles. The summed E-state index contributed by atoms with van der Waals surface area (Å²) in [4.78, 5) is 31.6. The lowest BCUT2D eigenvalue weighted by molar-refractivity contribution is -0.422. The van der Waals surface area contributed by atoms with Gasteiger partial charge in [0.15, 0.2) is 0 Å². The van der Waals surface area contributed by atoms with Crippen molar-refractivity contribution < 1.29 is 19.0 Å². The number of hydrogen-bond donors (Lipinski definition) is 1. The number of nitrogens with one attached hydrogen (secondary N) is 1. The maximum atomic E-state index is 13.4. The van der Waals surface area contributed by atoms with E-state index in [2.05, 4.69) is 5.32 Å². The third-order valence-electron chi connectivity index (χ3n) is 2.75. The minimum atomic E-state index is -0.960. The highest BCUT2D eigenvalue weighted by Gasteiger charge is 2.25. The van der Waals surface area contributed by atoms with Crippen molar-refractivity contribution in [1.29, 1.82) is 0 Å². The standard InChI is InChI=1S/C13H8FN3O5/c14-9-3-1-2-4-10(9)15-13(18)8-5-6-11(16(19)20)12(7-8)17(21)22/h1-7H,(H,15,18). The van der Waals surface area contributed by atoms with E-state index in [0.717, 1.165) is 24.3 Å². The smallest absolute Gasteiger partial charge is 0.319 e. The Labute approximate surface area is 122 Å². The second-order valence-electron chi connectivity index (χ2n) is 4.15. The molecule has 0 atom stereocenters. The molecular formula is C13H8FN3O5. The molecule has 0 bridgehead atoms. The van der Waals surface area contributed by atoms with Gasteiger partial charge in [0.05, 0.1) is 15.5 Å². The number of halogens is 1. The number of rotatable bonds is 4. The second-order valence-corrected chi connectivity index (χ2v) is 4.15. The Bertz CT molecular complexity index is 778. The molecule has 0 spiro atoms. The molecule has 0 heterocycles. The highest BCUT2D eigenvalue weighted by Crippen LogP contribution is 2.28. The summed E-state index contributed by atoms with van der Waals surface area (Å²) in [6.45, 7) is 0. The van der Waals surface area contributed by atoms with E-state index in [0.29, 0.717) is 0 Å². The number of para-hydroxylation sites is 1. The first kappa shape index (κ1) is 15.0. The van der Waals surface area contributed by atoms with Crippen LogP contribution in [0.15, 0.2) is 42.5 Å². The molecule has 2 aromatic carbocycles. The molecule has 0 aliphatic carbocycles. The van der Waals surface area contributed by atoms with Crippen molar-refractivity contribution in [2.24, 2.45) is 0 Å². The minimum absolute atomic E-state index is 0.103. The van der Waals surface area contributed by atoms with Gasteiger partial charge in [-0.25, -0.2) is 4.39 Å². The van der Waals surface area contributed by atoms with E-state index in [1.54, 1.807) is 0 Å². The first-order valence-corrected chi connectivity index (χ1v) is 5.89. The van der Waals surface area contributed by atoms with Crippen molar-refractivity contribution in [3.63, 3.8) is 0 Å². The molecule has 0 aliphatic heterocycles. The Balaban J connectivity index is 2.35. The van der Waals surface area contributed by atoms with Gasteiger partial charge < -0.3 is 5.32 Å². The van der Waals surface area contributed by atoms with Gasteiger partial charge in [0, 0.05) is 17.7 Å². The third kappa shape index (κ3) is 3.03. The number of nitrogens with zero attached hydrogens (tertiary/aromatic N) is 2. The van der Waals surface area contributed by atoms with Gasteiger partial charge in [0.1, 0.15) is 5.82 Å². The molecular weight excluding hydrogens is 297 g/mol. The van der Waals surface area contributed by atoms with Crippen molar-refractivity contribution in [3.05, 3.63) is 74.1 Å². The number of carbonyl (C=O) groups is 1. The summed E-state index contributed by atoms with van der Waals surface area (Å²) in [7, 11) is 0. The molecule has 0 aliphatic rings. The lowest BCUT2D eigenvalue weighted by atomic mass is 10.1. The molecule has 0 saturated heterocycles. The van der Waals surface area contributed by atoms with Gasteiger partial charge >= 0.3 is 11.4 Å². The molecule has 112 valence electrons. The number of benzene rings is 2. The van der Waals surface area contributed by atoms with Gasteiger partial charge in [-0.3, -0.25) is 25.0 Å². The fourth-order valence-corrected chi connectivity index (χ4v) is 1.72. The summed E-state index contributed by atoms with van der Waals surface area (Å²) < 4.78 is 13.4. The van der Waals surface area contributed by atoms with E-state index in [-0.39, 0.29) is 11.3 Å². The zero-order valence-corrected chi connectivity index (χ0v) is 10.9. The summed E-state index contributed by atoms with van der Waals surface area (Å²) >= 11 is 0. The van der Waals surface area contributed by atoms with Crippen LogP contribution in [-0.4, -0.2) is 15.8 Å². The average molecular weight is 305 g/mol. The lowest BCUT2D eigenvalue weighted by Crippen LogP contribution is -2.13. The van der Waals surface area contributed by atoms with Crippen LogP contribution in [0, 0.1) is 26.0 Å². The van der Waals surface area contributed by atoms with Crippen LogP contribution in [0.25, 0.3) is 0 Å². The number of nitro groups is 2. The molecule has 8 nitrogen and oxygen atoms in total. The monoisotopic (exact) mass is 305 g/mol. The van der Waals surface area contributed by atoms with Crippen LogP contribution in [0.3, 0.4) is 0 Å². The van der Waals surface area contributed by atoms with E-state index in [4.69, 9.17) is 0 Å². The summed E-state index contributed by atoms with van der Waals surface area (Å²) in [6.07, 6.45) is 0. The zero-order valence-electron chi connectivity index (χ0n) is 10.9. The number of carbonyl (C=O) groups excluding carboxylic acids is 1. The molecule has 22 heavy (non-hydrogen) atoms. The van der Waals surface area contributed by atoms with Crippen LogP contribution >= 0.6 is 0 Å². The van der Waals surface area contributed by atoms with Gasteiger partial charge in [0.25, 0.3) is 5.91 Å². The van der Waals surface area contributed by atoms with Crippen LogP contribution in [0.4, 0.5) is 21.5 Å². The van der Waals surface area contributed by atoms with Gasteiger partial charge in [-0.05, 0) is 18.2 Å². The van der Waals surface area contributed by atoms with Crippen LogP contribution in [-0.2, 0) is 0 Å². The topological polar surface area (TPSA) is 115 Å². The Morgan fingerprint density at radius 1 is 1.00 bits per heavy atom. The number of amides is 1. The molecule has 1 amide bonds. The van der Waals surface area contributed by atoms with Crippen molar-refractivity contribution in [2.75, 3.05) is 5.32 Å². The predicted octanol–water partition coefficient (Wildman–Crippen LogP) is 2.89. The van der Waals surface area contributed by atoms with Crippen LogP contribution in [0.1, 0.15) is 10.4 Å². The summed E-state index contributed by atoms with van der Waals surface area (Å²) in [5.41, 5.74) is -1.84. The summed E-state index contributed by atoms with van der Waals surface area (Å²) in [6, 6.07) is 8.06. The number of anilines is 1. The first-order valence-electron chi connectivity index (χ1n) is 5.89. The van der Waals surface area contributed by atoms with Crippen molar-refractivity contribution in [3.8, 4) is 0 Å². The highest BCUT2D eigenvalue weighted by molar-refractivity contribution is 6.05. The zero-order chi connectivity index (χ0) is 16.3. The fourth-order valence-electron chi connectivity index (χ4n) is 1.72. The molecule has 0 unspecified atom stereocenters. The number of hydrogen-bond acceptors (Lipinski definition) is 5. The molecule has 2 aromatic rings. The SMILES string of the molecule is O=C(Nc1ccccc1F)c1ccc([N+](=O)[O-])c([N+](=O)[O-])c1. The van der Waals surface area contributed by atoms with Crippen molar-refractivity contribution >= 4 is 23.0 Å². The van der Waals surface area contributed by atoms with E-state index >= 15 is 0 Å². The van der Waals surface area contributed by atoms with Crippen LogP contribution in [0.2, 0.25) is 0 Å². The average Bonchev–Trinajstić information content (AvgIpc) is 2.48. The van der Waals surface area contributed by atoms with Crippen LogP contribution in [0.5, 0.6) is 0 Å². The van der Waals surface area contributed by atoms with E-state index in [1.807, 2.05) is 0 Å². The Morgan fingerprint density at radius 3 is 2.23 bits per heavy atom. The fraction of sp³-hybridized carbons (Fsp3) is 0. The van der Waals surface area contributed by atoms with Gasteiger partial charge in [0.2, 0.25) is 0 Å². The molecule has 0 saturated carbocycles. The van der Waals surface area contributed by atoms with Crippen molar-refractivity contribution in [1.82, 2.24) is 0 Å². The minimum Gasteiger partial charge on any atom is -0.319 e. The molecule has 0 fully saturated rings. The molecule has 1 N–H and O–H groups in total. The normalized spacial score (nSPS) is 10.0. The quantitative estimate of drug-likeness (QED) is 0.688. The van der Waals surface area contributed by atoms with E-state index in [1.165, 1.54) is 18.2 Å². The first-order chi connectivity index (χ1) is 10.4. The van der Waals surface area contributed by atoms with Gasteiger partial charge in [-0.2, -0.15) is 0 Å². The number of nitro benzene ring substituents is 2. The largest absolute Gasteiger partial charge is 0.346 e. The molecule has 0 radical (unpaired) electrons. The van der Waals surface area contributed by atoms with E-state index in [9.17, 15) is 29.4 Å². The van der Waals surface area contributed by atoms with Gasteiger partial charge in [-0.1, -0.05) is 12.1 Å². The maximum Gasteiger partial charge on any atom is 0.346 e. The maximum absolute atomic E-state index is 13.4. The Morgan fingerprint density at radius 2 is 1.64 bits per heavy atom. The van der Waals surface area contributed by atoms with Gasteiger partial charge in [-0.15, -0.1) is 0 Å². The lowest BCUT2D eigenvalue weighted by Gasteiger charge is -2.06. The van der Waals surface area contributed by atoms with E-state index < -0.39 is 32.9 Å². The van der Waals surface area contributed by atoms with Crippen LogP contribution < -0.4 is 5.32 Å². The Hall–Kier alpha value is -3.36. The third-order valence-corrected chi connectivity index (χ3v) is 2.75. The second kappa shape index (κ2) is 5.95.